The van der Waals surface area contributed by atoms with Crippen LogP contribution in [-0.4, -0.2) is 25.5 Å². The first-order chi connectivity index (χ1) is 9.92. The van der Waals surface area contributed by atoms with Crippen LogP contribution in [0.3, 0.4) is 0 Å². The predicted molar refractivity (Wildman–Crippen MR) is 78.5 cm³/mol. The second-order valence-electron chi connectivity index (χ2n) is 4.07. The Bertz CT molecular complexity index is 735. The number of nitrogens with one attached hydrogen (secondary N) is 1. The molecule has 0 aliphatic rings. The monoisotopic (exact) mass is 328 g/mol. The third-order valence-corrected chi connectivity index (χ3v) is 4.30. The van der Waals surface area contributed by atoms with Crippen molar-refractivity contribution >= 4 is 27.4 Å². The molecule has 0 aliphatic heterocycles. The number of hydrogen-bond donors (Lipinski definition) is 2. The zero-order valence-electron chi connectivity index (χ0n) is 11.1. The lowest BCUT2D eigenvalue weighted by atomic mass is 10.3. The Morgan fingerprint density at radius 2 is 2.10 bits per heavy atom. The third kappa shape index (κ3) is 3.81. The van der Waals surface area contributed by atoms with Crippen LogP contribution in [0.15, 0.2) is 35.5 Å². The molecule has 9 heteroatoms. The standard InChI is InChI=1S/C12H13ClN4O3S/c1-20-11-3-2-8(5-15-11)6-17-21(18,19)9-4-10(13)12(14)16-7-9/h2-5,7,17H,6H2,1H3,(H2,14,16). The third-order valence-electron chi connectivity index (χ3n) is 2.63. The number of nitrogens with two attached hydrogens (primary N) is 1. The molecule has 0 aliphatic carbocycles. The Kier molecular flexibility index (Phi) is 4.61. The van der Waals surface area contributed by atoms with Crippen LogP contribution in [-0.2, 0) is 16.6 Å². The van der Waals surface area contributed by atoms with Crippen LogP contribution in [0.1, 0.15) is 5.56 Å². The molecule has 0 atom stereocenters. The SMILES string of the molecule is COc1ccc(CNS(=O)(=O)c2cnc(N)c(Cl)c2)cn1. The highest BCUT2D eigenvalue weighted by molar-refractivity contribution is 7.89. The molecule has 0 fully saturated rings. The molecule has 2 aromatic heterocycles. The van der Waals surface area contributed by atoms with Crippen molar-refractivity contribution in [3.63, 3.8) is 0 Å². The van der Waals surface area contributed by atoms with Crippen molar-refractivity contribution in [1.82, 2.24) is 14.7 Å². The summed E-state index contributed by atoms with van der Waals surface area (Å²) in [5.74, 6) is 0.533. The van der Waals surface area contributed by atoms with E-state index < -0.39 is 10.0 Å². The van der Waals surface area contributed by atoms with Gasteiger partial charge in [-0.2, -0.15) is 0 Å². The second kappa shape index (κ2) is 6.25. The molecule has 2 rings (SSSR count). The Labute approximate surface area is 127 Å². The fourth-order valence-corrected chi connectivity index (χ4v) is 2.69. The summed E-state index contributed by atoms with van der Waals surface area (Å²) in [6.07, 6.45) is 2.67. The van der Waals surface area contributed by atoms with E-state index in [1.807, 2.05) is 0 Å². The van der Waals surface area contributed by atoms with Crippen LogP contribution in [0.5, 0.6) is 5.88 Å². The van der Waals surface area contributed by atoms with E-state index in [2.05, 4.69) is 14.7 Å². The van der Waals surface area contributed by atoms with Crippen molar-refractivity contribution in [2.24, 2.45) is 0 Å². The molecule has 3 N–H and O–H groups in total. The maximum absolute atomic E-state index is 12.1. The largest absolute Gasteiger partial charge is 0.481 e. The molecule has 7 nitrogen and oxygen atoms in total. The molecule has 0 saturated carbocycles. The Morgan fingerprint density at radius 1 is 1.33 bits per heavy atom. The molecular formula is C12H13ClN4O3S. The van der Waals surface area contributed by atoms with Gasteiger partial charge in [-0.15, -0.1) is 0 Å². The van der Waals surface area contributed by atoms with Crippen molar-refractivity contribution in [3.05, 3.63) is 41.2 Å². The van der Waals surface area contributed by atoms with E-state index in [-0.39, 0.29) is 22.3 Å². The highest BCUT2D eigenvalue weighted by Gasteiger charge is 2.15. The minimum Gasteiger partial charge on any atom is -0.481 e. The van der Waals surface area contributed by atoms with Crippen molar-refractivity contribution in [3.8, 4) is 5.88 Å². The van der Waals surface area contributed by atoms with Gasteiger partial charge >= 0.3 is 0 Å². The number of halogens is 1. The molecule has 0 unspecified atom stereocenters. The lowest BCUT2D eigenvalue weighted by molar-refractivity contribution is 0.397. The van der Waals surface area contributed by atoms with Gasteiger partial charge in [-0.25, -0.2) is 23.1 Å². The molecule has 21 heavy (non-hydrogen) atoms. The summed E-state index contributed by atoms with van der Waals surface area (Å²) in [6.45, 7) is 0.0846. The molecule has 2 heterocycles. The minimum atomic E-state index is -3.72. The van der Waals surface area contributed by atoms with Crippen LogP contribution >= 0.6 is 11.6 Å². The number of aromatic nitrogens is 2. The van der Waals surface area contributed by atoms with E-state index in [4.69, 9.17) is 22.1 Å². The van der Waals surface area contributed by atoms with Gasteiger partial charge in [0.05, 0.1) is 12.1 Å². The topological polar surface area (TPSA) is 107 Å². The zero-order chi connectivity index (χ0) is 15.5. The van der Waals surface area contributed by atoms with Crippen molar-refractivity contribution in [2.45, 2.75) is 11.4 Å². The molecule has 0 radical (unpaired) electrons. The number of hydrogen-bond acceptors (Lipinski definition) is 6. The van der Waals surface area contributed by atoms with Crippen molar-refractivity contribution in [1.29, 1.82) is 0 Å². The fraction of sp³-hybridized carbons (Fsp3) is 0.167. The van der Waals surface area contributed by atoms with Gasteiger partial charge in [-0.1, -0.05) is 17.7 Å². The number of nitrogen functional groups attached to an aromatic ring is 1. The van der Waals surface area contributed by atoms with Gasteiger partial charge in [0.15, 0.2) is 0 Å². The van der Waals surface area contributed by atoms with Crippen LogP contribution < -0.4 is 15.2 Å². The van der Waals surface area contributed by atoms with Crippen LogP contribution in [0.2, 0.25) is 5.02 Å². The summed E-state index contributed by atoms with van der Waals surface area (Å²) in [4.78, 5) is 7.66. The number of nitrogens with zero attached hydrogens (tertiary/aromatic N) is 2. The molecule has 0 aromatic carbocycles. The molecule has 0 spiro atoms. The van der Waals surface area contributed by atoms with E-state index in [9.17, 15) is 8.42 Å². The van der Waals surface area contributed by atoms with Gasteiger partial charge in [0, 0.05) is 25.0 Å². The molecule has 112 valence electrons. The maximum atomic E-state index is 12.1. The first-order valence-electron chi connectivity index (χ1n) is 5.82. The number of sulfonamides is 1. The van der Waals surface area contributed by atoms with Gasteiger partial charge in [0.1, 0.15) is 10.7 Å². The number of anilines is 1. The Morgan fingerprint density at radius 3 is 2.67 bits per heavy atom. The normalized spacial score (nSPS) is 11.3. The number of pyridine rings is 2. The molecule has 0 amide bonds. The van der Waals surface area contributed by atoms with Gasteiger partial charge < -0.3 is 10.5 Å². The number of ether oxygens (including phenoxy) is 1. The highest BCUT2D eigenvalue weighted by Crippen LogP contribution is 2.19. The average molecular weight is 329 g/mol. The van der Waals surface area contributed by atoms with E-state index in [0.717, 1.165) is 6.20 Å². The zero-order valence-corrected chi connectivity index (χ0v) is 12.6. The molecule has 0 saturated heterocycles. The summed E-state index contributed by atoms with van der Waals surface area (Å²) < 4.78 is 31.5. The van der Waals surface area contributed by atoms with Gasteiger partial charge in [-0.05, 0) is 11.6 Å². The quantitative estimate of drug-likeness (QED) is 0.854. The Balaban J connectivity index is 2.11. The van der Waals surface area contributed by atoms with E-state index >= 15 is 0 Å². The molecule has 0 bridgehead atoms. The van der Waals surface area contributed by atoms with Gasteiger partial charge in [-0.3, -0.25) is 0 Å². The minimum absolute atomic E-state index is 0.0526. The van der Waals surface area contributed by atoms with E-state index in [1.54, 1.807) is 12.1 Å². The lowest BCUT2D eigenvalue weighted by Crippen LogP contribution is -2.23. The summed E-state index contributed by atoms with van der Waals surface area (Å²) in [6, 6.07) is 4.60. The van der Waals surface area contributed by atoms with E-state index in [1.165, 1.54) is 19.4 Å². The fourth-order valence-electron chi connectivity index (χ4n) is 1.48. The molecular weight excluding hydrogens is 316 g/mol. The lowest BCUT2D eigenvalue weighted by Gasteiger charge is -2.08. The number of rotatable bonds is 5. The van der Waals surface area contributed by atoms with Crippen molar-refractivity contribution in [2.75, 3.05) is 12.8 Å². The second-order valence-corrected chi connectivity index (χ2v) is 6.25. The first kappa shape index (κ1) is 15.5. The molecule has 2 aromatic rings. The number of methoxy groups -OCH3 is 1. The summed E-state index contributed by atoms with van der Waals surface area (Å²) in [5, 5.41) is 0.0870. The van der Waals surface area contributed by atoms with Crippen LogP contribution in [0, 0.1) is 0 Å². The maximum Gasteiger partial charge on any atom is 0.242 e. The average Bonchev–Trinajstić information content (AvgIpc) is 2.48. The predicted octanol–water partition coefficient (Wildman–Crippen LogP) is 1.20. The van der Waals surface area contributed by atoms with Crippen molar-refractivity contribution < 1.29 is 13.2 Å². The van der Waals surface area contributed by atoms with Gasteiger partial charge in [0.2, 0.25) is 15.9 Å². The van der Waals surface area contributed by atoms with Crippen LogP contribution in [0.4, 0.5) is 5.82 Å². The van der Waals surface area contributed by atoms with E-state index in [0.29, 0.717) is 11.4 Å². The summed E-state index contributed by atoms with van der Waals surface area (Å²) in [5.41, 5.74) is 6.13. The first-order valence-corrected chi connectivity index (χ1v) is 7.68. The van der Waals surface area contributed by atoms with Gasteiger partial charge in [0.25, 0.3) is 0 Å². The van der Waals surface area contributed by atoms with Crippen LogP contribution in [0.25, 0.3) is 0 Å². The summed E-state index contributed by atoms with van der Waals surface area (Å²) in [7, 11) is -2.22. The highest BCUT2D eigenvalue weighted by atomic mass is 35.5. The Hall–Kier alpha value is -1.90. The smallest absolute Gasteiger partial charge is 0.242 e. The summed E-state index contributed by atoms with van der Waals surface area (Å²) >= 11 is 5.77.